The van der Waals surface area contributed by atoms with Crippen molar-refractivity contribution >= 4 is 5.97 Å². The summed E-state index contributed by atoms with van der Waals surface area (Å²) in [6.07, 6.45) is 2.72. The van der Waals surface area contributed by atoms with Crippen LogP contribution in [0.1, 0.15) is 10.4 Å². The van der Waals surface area contributed by atoms with E-state index >= 15 is 0 Å². The molecule has 0 aliphatic heterocycles. The highest BCUT2D eigenvalue weighted by atomic mass is 16.5. The van der Waals surface area contributed by atoms with Crippen molar-refractivity contribution in [3.8, 4) is 11.5 Å². The van der Waals surface area contributed by atoms with Crippen LogP contribution >= 0.6 is 0 Å². The maximum atomic E-state index is 10.7. The fourth-order valence-electron chi connectivity index (χ4n) is 1.07. The first-order valence-electron chi connectivity index (χ1n) is 4.16. The third-order valence-electron chi connectivity index (χ3n) is 1.73. The topological polar surface area (TPSA) is 72.6 Å². The average molecular weight is 205 g/mol. The number of carboxylic acid groups (broad SMARTS) is 1. The van der Waals surface area contributed by atoms with Gasteiger partial charge in [0.15, 0.2) is 12.0 Å². The Bertz CT molecular complexity index is 464. The lowest BCUT2D eigenvalue weighted by molar-refractivity contribution is 0.0696. The molecule has 0 radical (unpaired) electrons. The molecule has 15 heavy (non-hydrogen) atoms. The molecule has 0 atom stereocenters. The van der Waals surface area contributed by atoms with Crippen molar-refractivity contribution in [2.45, 2.75) is 0 Å². The number of rotatable bonds is 3. The van der Waals surface area contributed by atoms with Gasteiger partial charge >= 0.3 is 5.97 Å². The number of ether oxygens (including phenoxy) is 1. The van der Waals surface area contributed by atoms with Gasteiger partial charge in [-0.3, -0.25) is 0 Å². The van der Waals surface area contributed by atoms with Gasteiger partial charge in [0.25, 0.3) is 0 Å². The number of carboxylic acids is 1. The SMILES string of the molecule is O=C(O)c1cccc(Oc2cnoc2)c1. The van der Waals surface area contributed by atoms with Crippen molar-refractivity contribution in [3.05, 3.63) is 42.3 Å². The Morgan fingerprint density at radius 1 is 1.40 bits per heavy atom. The van der Waals surface area contributed by atoms with E-state index in [-0.39, 0.29) is 5.56 Å². The maximum Gasteiger partial charge on any atom is 0.335 e. The van der Waals surface area contributed by atoms with Gasteiger partial charge in [0.2, 0.25) is 0 Å². The number of aromatic nitrogens is 1. The van der Waals surface area contributed by atoms with E-state index in [1.807, 2.05) is 0 Å². The number of hydrogen-bond donors (Lipinski definition) is 1. The molecule has 5 nitrogen and oxygen atoms in total. The number of hydrogen-bond acceptors (Lipinski definition) is 4. The summed E-state index contributed by atoms with van der Waals surface area (Å²) in [6, 6.07) is 6.17. The van der Waals surface area contributed by atoms with E-state index < -0.39 is 5.97 Å². The van der Waals surface area contributed by atoms with Crippen molar-refractivity contribution < 1.29 is 19.2 Å². The summed E-state index contributed by atoms with van der Waals surface area (Å²) in [5, 5.41) is 12.2. The highest BCUT2D eigenvalue weighted by Gasteiger charge is 2.05. The van der Waals surface area contributed by atoms with Gasteiger partial charge in [0.05, 0.1) is 5.56 Å². The summed E-state index contributed by atoms with van der Waals surface area (Å²) < 4.78 is 9.86. The Morgan fingerprint density at radius 3 is 2.93 bits per heavy atom. The fraction of sp³-hybridized carbons (Fsp3) is 0. The van der Waals surface area contributed by atoms with E-state index in [1.165, 1.54) is 24.6 Å². The van der Waals surface area contributed by atoms with E-state index in [4.69, 9.17) is 9.84 Å². The minimum Gasteiger partial charge on any atom is -0.478 e. The van der Waals surface area contributed by atoms with Crippen molar-refractivity contribution in [3.63, 3.8) is 0 Å². The second kappa shape index (κ2) is 3.83. The lowest BCUT2D eigenvalue weighted by Gasteiger charge is -2.02. The number of nitrogens with zero attached hydrogens (tertiary/aromatic N) is 1. The molecule has 2 aromatic rings. The van der Waals surface area contributed by atoms with Crippen LogP contribution in [0.5, 0.6) is 11.5 Å². The molecule has 0 bridgehead atoms. The van der Waals surface area contributed by atoms with Crippen LogP contribution in [0.3, 0.4) is 0 Å². The van der Waals surface area contributed by atoms with E-state index in [0.717, 1.165) is 0 Å². The lowest BCUT2D eigenvalue weighted by atomic mass is 10.2. The minimum absolute atomic E-state index is 0.170. The molecule has 1 aromatic heterocycles. The van der Waals surface area contributed by atoms with Crippen LogP contribution in [0.4, 0.5) is 0 Å². The van der Waals surface area contributed by atoms with Gasteiger partial charge in [-0.15, -0.1) is 0 Å². The molecule has 0 aliphatic carbocycles. The molecule has 0 unspecified atom stereocenters. The molecule has 0 spiro atoms. The van der Waals surface area contributed by atoms with Crippen LogP contribution in [0, 0.1) is 0 Å². The highest BCUT2D eigenvalue weighted by molar-refractivity contribution is 5.88. The Kier molecular flexibility index (Phi) is 2.37. The summed E-state index contributed by atoms with van der Waals surface area (Å²) in [7, 11) is 0. The number of aromatic carboxylic acids is 1. The molecule has 2 rings (SSSR count). The third kappa shape index (κ3) is 2.14. The van der Waals surface area contributed by atoms with Crippen molar-refractivity contribution in [1.29, 1.82) is 0 Å². The molecule has 0 aliphatic rings. The molecule has 0 fully saturated rings. The maximum absolute atomic E-state index is 10.7. The van der Waals surface area contributed by atoms with E-state index in [2.05, 4.69) is 9.68 Å². The summed E-state index contributed by atoms with van der Waals surface area (Å²) in [6.45, 7) is 0. The third-order valence-corrected chi connectivity index (χ3v) is 1.73. The molecule has 0 amide bonds. The van der Waals surface area contributed by atoms with Crippen LogP contribution < -0.4 is 4.74 Å². The average Bonchev–Trinajstić information content (AvgIpc) is 2.71. The van der Waals surface area contributed by atoms with Crippen LogP contribution in [-0.2, 0) is 0 Å². The lowest BCUT2D eigenvalue weighted by Crippen LogP contribution is -1.95. The normalized spacial score (nSPS) is 9.87. The predicted octanol–water partition coefficient (Wildman–Crippen LogP) is 2.17. The molecule has 1 N–H and O–H groups in total. The van der Waals surface area contributed by atoms with Crippen molar-refractivity contribution in [1.82, 2.24) is 5.16 Å². The Balaban J connectivity index is 2.22. The van der Waals surface area contributed by atoms with Gasteiger partial charge in [-0.1, -0.05) is 11.2 Å². The van der Waals surface area contributed by atoms with Gasteiger partial charge in [0.1, 0.15) is 11.9 Å². The zero-order valence-corrected chi connectivity index (χ0v) is 7.58. The summed E-state index contributed by atoms with van der Waals surface area (Å²) in [5.74, 6) is -0.138. The first-order valence-corrected chi connectivity index (χ1v) is 4.16. The molecule has 1 heterocycles. The zero-order valence-electron chi connectivity index (χ0n) is 7.58. The molecule has 76 valence electrons. The van der Waals surface area contributed by atoms with Gasteiger partial charge in [-0.05, 0) is 18.2 Å². The second-order valence-electron chi connectivity index (χ2n) is 2.80. The summed E-state index contributed by atoms with van der Waals surface area (Å²) >= 11 is 0. The first-order chi connectivity index (χ1) is 7.25. The van der Waals surface area contributed by atoms with Gasteiger partial charge in [0, 0.05) is 0 Å². The summed E-state index contributed by atoms with van der Waals surface area (Å²) in [4.78, 5) is 10.7. The molecule has 0 saturated heterocycles. The molecule has 1 aromatic carbocycles. The molecule has 0 saturated carbocycles. The standard InChI is InChI=1S/C10H7NO4/c12-10(13)7-2-1-3-8(4-7)15-9-5-11-14-6-9/h1-6H,(H,12,13). The van der Waals surface area contributed by atoms with Crippen molar-refractivity contribution in [2.24, 2.45) is 0 Å². The monoisotopic (exact) mass is 205 g/mol. The van der Waals surface area contributed by atoms with E-state index in [9.17, 15) is 4.79 Å². The van der Waals surface area contributed by atoms with Gasteiger partial charge in [-0.2, -0.15) is 0 Å². The fourth-order valence-corrected chi connectivity index (χ4v) is 1.07. The quantitative estimate of drug-likeness (QED) is 0.831. The van der Waals surface area contributed by atoms with Gasteiger partial charge in [-0.25, -0.2) is 4.79 Å². The van der Waals surface area contributed by atoms with Crippen LogP contribution in [0.25, 0.3) is 0 Å². The van der Waals surface area contributed by atoms with E-state index in [0.29, 0.717) is 11.5 Å². The first kappa shape index (κ1) is 9.26. The number of benzene rings is 1. The Labute approximate surface area is 84.9 Å². The summed E-state index contributed by atoms with van der Waals surface area (Å²) in [5.41, 5.74) is 0.170. The number of carbonyl (C=O) groups is 1. The van der Waals surface area contributed by atoms with Crippen LogP contribution in [-0.4, -0.2) is 16.2 Å². The Hall–Kier alpha value is -2.30. The second-order valence-corrected chi connectivity index (χ2v) is 2.80. The largest absolute Gasteiger partial charge is 0.478 e. The smallest absolute Gasteiger partial charge is 0.335 e. The van der Waals surface area contributed by atoms with E-state index in [1.54, 1.807) is 12.1 Å². The van der Waals surface area contributed by atoms with Crippen LogP contribution in [0.2, 0.25) is 0 Å². The highest BCUT2D eigenvalue weighted by Crippen LogP contribution is 2.21. The molecular weight excluding hydrogens is 198 g/mol. The minimum atomic E-state index is -0.995. The van der Waals surface area contributed by atoms with Crippen molar-refractivity contribution in [2.75, 3.05) is 0 Å². The van der Waals surface area contributed by atoms with Crippen LogP contribution in [0.15, 0.2) is 41.2 Å². The zero-order chi connectivity index (χ0) is 10.7. The van der Waals surface area contributed by atoms with Gasteiger partial charge < -0.3 is 14.4 Å². The molecule has 5 heteroatoms. The predicted molar refractivity (Wildman–Crippen MR) is 50.0 cm³/mol. The Morgan fingerprint density at radius 2 is 2.27 bits per heavy atom. The molecular formula is C10H7NO4.